The number of hydrogen-bond acceptors (Lipinski definition) is 2. The predicted octanol–water partition coefficient (Wildman–Crippen LogP) is 2.14. The molecule has 0 aromatic heterocycles. The number of amides is 3. The maximum atomic E-state index is 11.9. The van der Waals surface area contributed by atoms with Gasteiger partial charge in [-0.3, -0.25) is 4.79 Å². The molecule has 5 nitrogen and oxygen atoms in total. The number of anilines is 1. The van der Waals surface area contributed by atoms with Crippen LogP contribution in [-0.2, 0) is 11.2 Å². The minimum Gasteiger partial charge on any atom is -0.359 e. The summed E-state index contributed by atoms with van der Waals surface area (Å²) in [4.78, 5) is 23.4. The molecule has 0 aliphatic rings. The van der Waals surface area contributed by atoms with Crippen LogP contribution in [0, 0.1) is 5.92 Å². The predicted molar refractivity (Wildman–Crippen MR) is 80.7 cm³/mol. The molecule has 1 rings (SSSR count). The van der Waals surface area contributed by atoms with Crippen LogP contribution in [0.25, 0.3) is 0 Å². The lowest BCUT2D eigenvalue weighted by Gasteiger charge is -2.18. The molecule has 5 heteroatoms. The van der Waals surface area contributed by atoms with Crippen LogP contribution < -0.4 is 16.0 Å². The third kappa shape index (κ3) is 4.91. The summed E-state index contributed by atoms with van der Waals surface area (Å²) in [5.74, 6) is 0.275. The Labute approximate surface area is 120 Å². The first kappa shape index (κ1) is 16.0. The summed E-state index contributed by atoms with van der Waals surface area (Å²) in [6.45, 7) is 6.05. The van der Waals surface area contributed by atoms with Crippen molar-refractivity contribution in [3.8, 4) is 0 Å². The van der Waals surface area contributed by atoms with Gasteiger partial charge in [-0.15, -0.1) is 0 Å². The topological polar surface area (TPSA) is 70.2 Å². The van der Waals surface area contributed by atoms with Crippen molar-refractivity contribution >= 4 is 17.6 Å². The Balaban J connectivity index is 2.72. The van der Waals surface area contributed by atoms with E-state index >= 15 is 0 Å². The maximum absolute atomic E-state index is 11.9. The number of para-hydroxylation sites is 1. The Morgan fingerprint density at radius 1 is 1.15 bits per heavy atom. The van der Waals surface area contributed by atoms with Gasteiger partial charge in [-0.05, 0) is 24.5 Å². The van der Waals surface area contributed by atoms with E-state index in [4.69, 9.17) is 0 Å². The molecule has 0 aliphatic heterocycles. The fourth-order valence-corrected chi connectivity index (χ4v) is 1.59. The average molecular weight is 277 g/mol. The fourth-order valence-electron chi connectivity index (χ4n) is 1.59. The Morgan fingerprint density at radius 3 is 2.40 bits per heavy atom. The molecule has 0 unspecified atom stereocenters. The van der Waals surface area contributed by atoms with Crippen molar-refractivity contribution in [1.29, 1.82) is 0 Å². The van der Waals surface area contributed by atoms with E-state index in [9.17, 15) is 9.59 Å². The van der Waals surface area contributed by atoms with Gasteiger partial charge in [0.25, 0.3) is 0 Å². The normalized spacial score (nSPS) is 11.8. The van der Waals surface area contributed by atoms with Crippen LogP contribution in [0.4, 0.5) is 10.5 Å². The highest BCUT2D eigenvalue weighted by Gasteiger charge is 2.12. The van der Waals surface area contributed by atoms with Crippen LogP contribution >= 0.6 is 0 Å². The van der Waals surface area contributed by atoms with Crippen LogP contribution in [0.15, 0.2) is 24.3 Å². The summed E-state index contributed by atoms with van der Waals surface area (Å²) in [7, 11) is 1.59. The average Bonchev–Trinajstić information content (AvgIpc) is 2.40. The molecule has 0 fully saturated rings. The van der Waals surface area contributed by atoms with Crippen molar-refractivity contribution < 1.29 is 9.59 Å². The molecule has 3 amide bonds. The molecule has 0 aliphatic carbocycles. The molecular formula is C15H23N3O2. The number of carbonyl (C=O) groups is 2. The summed E-state index contributed by atoms with van der Waals surface area (Å²) < 4.78 is 0. The van der Waals surface area contributed by atoms with Crippen LogP contribution in [0.2, 0.25) is 0 Å². The molecule has 3 N–H and O–H groups in total. The van der Waals surface area contributed by atoms with Crippen LogP contribution in [-0.4, -0.2) is 25.0 Å². The van der Waals surface area contributed by atoms with Gasteiger partial charge in [0.05, 0.1) is 6.42 Å². The van der Waals surface area contributed by atoms with E-state index in [1.807, 2.05) is 39.0 Å². The zero-order valence-electron chi connectivity index (χ0n) is 12.5. The van der Waals surface area contributed by atoms with Crippen LogP contribution in [0.3, 0.4) is 0 Å². The van der Waals surface area contributed by atoms with Gasteiger partial charge in [-0.1, -0.05) is 32.0 Å². The summed E-state index contributed by atoms with van der Waals surface area (Å²) in [6, 6.07) is 7.12. The Morgan fingerprint density at radius 2 is 1.80 bits per heavy atom. The van der Waals surface area contributed by atoms with Gasteiger partial charge in [0, 0.05) is 18.8 Å². The molecular weight excluding hydrogens is 254 g/mol. The molecule has 0 saturated carbocycles. The minimum absolute atomic E-state index is 0.0844. The van der Waals surface area contributed by atoms with Gasteiger partial charge in [-0.25, -0.2) is 4.79 Å². The molecule has 0 saturated heterocycles. The van der Waals surface area contributed by atoms with Crippen molar-refractivity contribution in [2.24, 2.45) is 5.92 Å². The summed E-state index contributed by atoms with van der Waals surface area (Å²) in [5.41, 5.74) is 1.45. The number of carbonyl (C=O) groups excluding carboxylic acids is 2. The van der Waals surface area contributed by atoms with Crippen molar-refractivity contribution in [3.05, 3.63) is 29.8 Å². The van der Waals surface area contributed by atoms with E-state index in [1.54, 1.807) is 13.1 Å². The van der Waals surface area contributed by atoms with Crippen molar-refractivity contribution in [1.82, 2.24) is 10.6 Å². The zero-order valence-corrected chi connectivity index (χ0v) is 12.5. The number of likely N-dealkylation sites (N-methyl/N-ethyl adjacent to an activating group) is 1. The summed E-state index contributed by atoms with van der Waals surface area (Å²) in [6.07, 6.45) is 0.243. The van der Waals surface area contributed by atoms with Crippen LogP contribution in [0.1, 0.15) is 26.3 Å². The molecule has 0 spiro atoms. The number of rotatable bonds is 5. The molecule has 1 aromatic carbocycles. The van der Waals surface area contributed by atoms with Gasteiger partial charge in [0.1, 0.15) is 0 Å². The third-order valence-corrected chi connectivity index (χ3v) is 3.25. The standard InChI is InChI=1S/C15H23N3O2/c1-10(2)11(3)17-15(20)18-13-8-6-5-7-12(13)9-14(19)16-4/h5-8,10-11H,9H2,1-4H3,(H,16,19)(H2,17,18,20)/t11-/m0/s1. The fraction of sp³-hybridized carbons (Fsp3) is 0.467. The van der Waals surface area contributed by atoms with Gasteiger partial charge < -0.3 is 16.0 Å². The molecule has 0 radical (unpaired) electrons. The smallest absolute Gasteiger partial charge is 0.319 e. The second-order valence-electron chi connectivity index (χ2n) is 5.14. The first-order valence-corrected chi connectivity index (χ1v) is 6.80. The molecule has 0 bridgehead atoms. The monoisotopic (exact) mass is 277 g/mol. The van der Waals surface area contributed by atoms with Crippen molar-refractivity contribution in [2.45, 2.75) is 33.2 Å². The van der Waals surface area contributed by atoms with Crippen molar-refractivity contribution in [3.63, 3.8) is 0 Å². The minimum atomic E-state index is -0.254. The number of urea groups is 1. The largest absolute Gasteiger partial charge is 0.359 e. The summed E-state index contributed by atoms with van der Waals surface area (Å²) >= 11 is 0. The van der Waals surface area contributed by atoms with E-state index in [0.29, 0.717) is 11.6 Å². The second kappa shape index (κ2) is 7.53. The number of nitrogens with one attached hydrogen (secondary N) is 3. The van der Waals surface area contributed by atoms with Gasteiger partial charge in [-0.2, -0.15) is 0 Å². The number of hydrogen-bond donors (Lipinski definition) is 3. The number of benzene rings is 1. The second-order valence-corrected chi connectivity index (χ2v) is 5.14. The highest BCUT2D eigenvalue weighted by atomic mass is 16.2. The summed E-state index contributed by atoms with van der Waals surface area (Å²) in [5, 5.41) is 8.24. The highest BCUT2D eigenvalue weighted by Crippen LogP contribution is 2.15. The Bertz CT molecular complexity index is 472. The van der Waals surface area contributed by atoms with E-state index in [1.165, 1.54) is 0 Å². The van der Waals surface area contributed by atoms with Gasteiger partial charge in [0.15, 0.2) is 0 Å². The lowest BCUT2D eigenvalue weighted by Crippen LogP contribution is -2.39. The van der Waals surface area contributed by atoms with Gasteiger partial charge >= 0.3 is 6.03 Å². The quantitative estimate of drug-likeness (QED) is 0.771. The van der Waals surface area contributed by atoms with Gasteiger partial charge in [0.2, 0.25) is 5.91 Å². The van der Waals surface area contributed by atoms with E-state index < -0.39 is 0 Å². The van der Waals surface area contributed by atoms with Crippen molar-refractivity contribution in [2.75, 3.05) is 12.4 Å². The first-order chi connectivity index (χ1) is 9.43. The molecule has 20 heavy (non-hydrogen) atoms. The molecule has 0 heterocycles. The lowest BCUT2D eigenvalue weighted by molar-refractivity contribution is -0.119. The first-order valence-electron chi connectivity index (χ1n) is 6.80. The lowest BCUT2D eigenvalue weighted by atomic mass is 10.1. The highest BCUT2D eigenvalue weighted by molar-refractivity contribution is 5.91. The van der Waals surface area contributed by atoms with E-state index in [-0.39, 0.29) is 24.4 Å². The van der Waals surface area contributed by atoms with Crippen LogP contribution in [0.5, 0.6) is 0 Å². The van der Waals surface area contributed by atoms with E-state index in [0.717, 1.165) is 5.56 Å². The SMILES string of the molecule is CNC(=O)Cc1ccccc1NC(=O)N[C@@H](C)C(C)C. The zero-order chi connectivity index (χ0) is 15.1. The molecule has 1 aromatic rings. The van der Waals surface area contributed by atoms with E-state index in [2.05, 4.69) is 16.0 Å². The Hall–Kier alpha value is -2.04. The Kier molecular flexibility index (Phi) is 6.03. The molecule has 110 valence electrons. The molecule has 1 atom stereocenters. The third-order valence-electron chi connectivity index (χ3n) is 3.25. The maximum Gasteiger partial charge on any atom is 0.319 e.